The van der Waals surface area contributed by atoms with Gasteiger partial charge < -0.3 is 9.52 Å². The first-order valence-corrected chi connectivity index (χ1v) is 5.65. The Labute approximate surface area is 105 Å². The number of allylic oxidation sites excluding steroid dienone is 1. The number of rotatable bonds is 3. The Morgan fingerprint density at radius 2 is 1.94 bits per heavy atom. The Kier molecular flexibility index (Phi) is 3.33. The summed E-state index contributed by atoms with van der Waals surface area (Å²) in [6.45, 7) is 3.73. The Morgan fingerprint density at radius 1 is 1.22 bits per heavy atom. The fourth-order valence-electron chi connectivity index (χ4n) is 1.80. The van der Waals surface area contributed by atoms with Crippen molar-refractivity contribution in [3.63, 3.8) is 0 Å². The van der Waals surface area contributed by atoms with Crippen molar-refractivity contribution in [2.24, 2.45) is 0 Å². The summed E-state index contributed by atoms with van der Waals surface area (Å²) in [5, 5.41) is 8.70. The van der Waals surface area contributed by atoms with Gasteiger partial charge in [0, 0.05) is 11.6 Å². The van der Waals surface area contributed by atoms with Gasteiger partial charge in [-0.05, 0) is 37.1 Å². The average molecular weight is 242 g/mol. The molecule has 0 atom stereocenters. The van der Waals surface area contributed by atoms with Crippen LogP contribution in [0.25, 0.3) is 16.9 Å². The van der Waals surface area contributed by atoms with Crippen LogP contribution in [0.2, 0.25) is 0 Å². The summed E-state index contributed by atoms with van der Waals surface area (Å²) in [7, 11) is 0. The van der Waals surface area contributed by atoms with Gasteiger partial charge in [-0.15, -0.1) is 0 Å². The van der Waals surface area contributed by atoms with Crippen molar-refractivity contribution in [3.8, 4) is 11.3 Å². The van der Waals surface area contributed by atoms with Crippen molar-refractivity contribution < 1.29 is 14.3 Å². The standard InChI is InChI=1S/C15H14O3/c1-10-5-3-4-6-12(10)14-8-7-13(18-14)11(2)9-15(16)17/h3-9H,1-2H3,(H,16,17)/b11-9+. The molecule has 3 heteroatoms. The van der Waals surface area contributed by atoms with Crippen molar-refractivity contribution in [3.05, 3.63) is 53.8 Å². The first-order chi connectivity index (χ1) is 8.58. The predicted octanol–water partition coefficient (Wildman–Crippen LogP) is 3.74. The van der Waals surface area contributed by atoms with Gasteiger partial charge in [-0.25, -0.2) is 4.79 Å². The molecule has 0 bridgehead atoms. The second-order valence-corrected chi connectivity index (χ2v) is 4.14. The van der Waals surface area contributed by atoms with Crippen LogP contribution in [0.3, 0.4) is 0 Å². The summed E-state index contributed by atoms with van der Waals surface area (Å²) >= 11 is 0. The van der Waals surface area contributed by atoms with Crippen LogP contribution in [-0.4, -0.2) is 11.1 Å². The summed E-state index contributed by atoms with van der Waals surface area (Å²) in [5.74, 6) is 0.359. The van der Waals surface area contributed by atoms with Gasteiger partial charge in [0.05, 0.1) is 0 Å². The predicted molar refractivity (Wildman–Crippen MR) is 70.2 cm³/mol. The molecule has 0 aliphatic rings. The Bertz CT molecular complexity index is 606. The van der Waals surface area contributed by atoms with Crippen LogP contribution >= 0.6 is 0 Å². The number of carboxylic acid groups (broad SMARTS) is 1. The maximum atomic E-state index is 10.6. The number of benzene rings is 1. The van der Waals surface area contributed by atoms with E-state index in [1.165, 1.54) is 0 Å². The molecule has 3 nitrogen and oxygen atoms in total. The van der Waals surface area contributed by atoms with Crippen molar-refractivity contribution in [2.75, 3.05) is 0 Å². The summed E-state index contributed by atoms with van der Waals surface area (Å²) in [5.41, 5.74) is 2.74. The second kappa shape index (κ2) is 4.92. The highest BCUT2D eigenvalue weighted by atomic mass is 16.4. The van der Waals surface area contributed by atoms with Gasteiger partial charge in [-0.2, -0.15) is 0 Å². The van der Waals surface area contributed by atoms with E-state index in [2.05, 4.69) is 0 Å². The molecule has 0 fully saturated rings. The molecule has 1 aromatic carbocycles. The van der Waals surface area contributed by atoms with E-state index in [0.717, 1.165) is 23.0 Å². The molecule has 0 radical (unpaired) electrons. The molecule has 92 valence electrons. The maximum Gasteiger partial charge on any atom is 0.328 e. The monoisotopic (exact) mass is 242 g/mol. The zero-order valence-corrected chi connectivity index (χ0v) is 10.3. The minimum Gasteiger partial charge on any atom is -0.478 e. The molecule has 2 rings (SSSR count). The van der Waals surface area contributed by atoms with Crippen LogP contribution in [-0.2, 0) is 4.79 Å². The van der Waals surface area contributed by atoms with Gasteiger partial charge in [-0.1, -0.05) is 24.3 Å². The van der Waals surface area contributed by atoms with E-state index in [0.29, 0.717) is 11.3 Å². The number of hydrogen-bond acceptors (Lipinski definition) is 2. The van der Waals surface area contributed by atoms with Crippen LogP contribution in [0.5, 0.6) is 0 Å². The minimum absolute atomic E-state index is 0.579. The van der Waals surface area contributed by atoms with Crippen molar-refractivity contribution in [1.82, 2.24) is 0 Å². The molecule has 18 heavy (non-hydrogen) atoms. The largest absolute Gasteiger partial charge is 0.478 e. The third-order valence-corrected chi connectivity index (χ3v) is 2.75. The van der Waals surface area contributed by atoms with Crippen molar-refractivity contribution >= 4 is 11.5 Å². The molecule has 0 aliphatic heterocycles. The van der Waals surface area contributed by atoms with Gasteiger partial charge in [0.1, 0.15) is 11.5 Å². The molecule has 0 saturated heterocycles. The molecule has 0 saturated carbocycles. The number of aliphatic carboxylic acids is 1. The quantitative estimate of drug-likeness (QED) is 0.834. The van der Waals surface area contributed by atoms with Crippen LogP contribution in [0, 0.1) is 6.92 Å². The summed E-state index contributed by atoms with van der Waals surface area (Å²) in [6, 6.07) is 11.6. The lowest BCUT2D eigenvalue weighted by Gasteiger charge is -2.01. The molecule has 0 amide bonds. The van der Waals surface area contributed by atoms with Gasteiger partial charge in [-0.3, -0.25) is 0 Å². The Balaban J connectivity index is 2.37. The average Bonchev–Trinajstić information content (AvgIpc) is 2.78. The molecule has 1 aromatic heterocycles. The summed E-state index contributed by atoms with van der Waals surface area (Å²) in [6.07, 6.45) is 1.14. The Hall–Kier alpha value is -2.29. The first-order valence-electron chi connectivity index (χ1n) is 5.65. The zero-order chi connectivity index (χ0) is 13.1. The Morgan fingerprint density at radius 3 is 2.61 bits per heavy atom. The number of furan rings is 1. The van der Waals surface area contributed by atoms with E-state index in [9.17, 15) is 4.79 Å². The number of carboxylic acids is 1. The fourth-order valence-corrected chi connectivity index (χ4v) is 1.80. The third kappa shape index (κ3) is 2.51. The number of carbonyl (C=O) groups is 1. The van der Waals surface area contributed by atoms with Gasteiger partial charge in [0.25, 0.3) is 0 Å². The number of hydrogen-bond donors (Lipinski definition) is 1. The topological polar surface area (TPSA) is 50.4 Å². The molecule has 1 heterocycles. The molecule has 0 aliphatic carbocycles. The van der Waals surface area contributed by atoms with Crippen LogP contribution in [0.4, 0.5) is 0 Å². The second-order valence-electron chi connectivity index (χ2n) is 4.14. The van der Waals surface area contributed by atoms with Gasteiger partial charge in [0.15, 0.2) is 0 Å². The van der Waals surface area contributed by atoms with Crippen LogP contribution in [0.15, 0.2) is 46.9 Å². The van der Waals surface area contributed by atoms with Crippen molar-refractivity contribution in [2.45, 2.75) is 13.8 Å². The molecule has 0 unspecified atom stereocenters. The molecule has 2 aromatic rings. The van der Waals surface area contributed by atoms with E-state index in [4.69, 9.17) is 9.52 Å². The lowest BCUT2D eigenvalue weighted by Crippen LogP contribution is -1.88. The third-order valence-electron chi connectivity index (χ3n) is 2.75. The highest BCUT2D eigenvalue weighted by Gasteiger charge is 2.08. The van der Waals surface area contributed by atoms with E-state index >= 15 is 0 Å². The summed E-state index contributed by atoms with van der Waals surface area (Å²) < 4.78 is 5.68. The molecule has 1 N–H and O–H groups in total. The van der Waals surface area contributed by atoms with Gasteiger partial charge in [0.2, 0.25) is 0 Å². The van der Waals surface area contributed by atoms with Crippen LogP contribution in [0.1, 0.15) is 18.2 Å². The maximum absolute atomic E-state index is 10.6. The summed E-state index contributed by atoms with van der Waals surface area (Å²) in [4.78, 5) is 10.6. The minimum atomic E-state index is -0.971. The zero-order valence-electron chi connectivity index (χ0n) is 10.3. The van der Waals surface area contributed by atoms with Gasteiger partial charge >= 0.3 is 5.97 Å². The fraction of sp³-hybridized carbons (Fsp3) is 0.133. The van der Waals surface area contributed by atoms with E-state index < -0.39 is 5.97 Å². The lowest BCUT2D eigenvalue weighted by molar-refractivity contribution is -0.131. The highest BCUT2D eigenvalue weighted by Crippen LogP contribution is 2.27. The molecular formula is C15H14O3. The van der Waals surface area contributed by atoms with Crippen molar-refractivity contribution in [1.29, 1.82) is 0 Å². The van der Waals surface area contributed by atoms with E-state index in [1.54, 1.807) is 13.0 Å². The first kappa shape index (κ1) is 12.2. The molecular weight excluding hydrogens is 228 g/mol. The molecule has 0 spiro atoms. The van der Waals surface area contributed by atoms with E-state index in [1.807, 2.05) is 37.3 Å². The SMILES string of the molecule is C/C(=C\C(=O)O)c1ccc(-c2ccccc2C)o1. The highest BCUT2D eigenvalue weighted by molar-refractivity contribution is 5.88. The smallest absolute Gasteiger partial charge is 0.328 e. The normalized spacial score (nSPS) is 11.6. The number of aryl methyl sites for hydroxylation is 1. The van der Waals surface area contributed by atoms with Crippen LogP contribution < -0.4 is 0 Å². The lowest BCUT2D eigenvalue weighted by atomic mass is 10.1. The van der Waals surface area contributed by atoms with E-state index in [-0.39, 0.29) is 0 Å².